The number of carbonyl (C=O) groups excluding carboxylic acids is 1. The number of amides is 1. The first-order valence-electron chi connectivity index (χ1n) is 7.57. The van der Waals surface area contributed by atoms with Crippen molar-refractivity contribution >= 4 is 11.6 Å². The minimum absolute atomic E-state index is 0.138. The fourth-order valence-corrected chi connectivity index (χ4v) is 3.08. The van der Waals surface area contributed by atoms with E-state index in [4.69, 9.17) is 4.74 Å². The van der Waals surface area contributed by atoms with Crippen LogP contribution in [0.4, 0.5) is 5.69 Å². The SMILES string of the molecule is O=C(CC1CCCC1)Nc1ccc2c(c1)CNCCO2. The average molecular weight is 274 g/mol. The lowest BCUT2D eigenvalue weighted by atomic mass is 10.0. The van der Waals surface area contributed by atoms with Crippen molar-refractivity contribution in [3.8, 4) is 5.75 Å². The molecule has 4 heteroatoms. The van der Waals surface area contributed by atoms with Gasteiger partial charge in [0.15, 0.2) is 0 Å². The topological polar surface area (TPSA) is 50.4 Å². The number of anilines is 1. The highest BCUT2D eigenvalue weighted by Crippen LogP contribution is 2.28. The molecule has 1 amide bonds. The number of carbonyl (C=O) groups is 1. The first kappa shape index (κ1) is 13.4. The van der Waals surface area contributed by atoms with E-state index >= 15 is 0 Å². The van der Waals surface area contributed by atoms with Crippen molar-refractivity contribution in [1.29, 1.82) is 0 Å². The van der Waals surface area contributed by atoms with Gasteiger partial charge in [-0.2, -0.15) is 0 Å². The van der Waals surface area contributed by atoms with Gasteiger partial charge in [-0.3, -0.25) is 4.79 Å². The number of fused-ring (bicyclic) bond motifs is 1. The van der Waals surface area contributed by atoms with E-state index < -0.39 is 0 Å². The van der Waals surface area contributed by atoms with Crippen LogP contribution in [0.15, 0.2) is 18.2 Å². The third-order valence-corrected chi connectivity index (χ3v) is 4.14. The Hall–Kier alpha value is -1.55. The second-order valence-corrected chi connectivity index (χ2v) is 5.75. The maximum atomic E-state index is 12.0. The van der Waals surface area contributed by atoms with Gasteiger partial charge < -0.3 is 15.4 Å². The van der Waals surface area contributed by atoms with E-state index in [1.54, 1.807) is 0 Å². The van der Waals surface area contributed by atoms with Gasteiger partial charge in [-0.05, 0) is 37.0 Å². The second-order valence-electron chi connectivity index (χ2n) is 5.75. The molecule has 0 radical (unpaired) electrons. The maximum Gasteiger partial charge on any atom is 0.224 e. The van der Waals surface area contributed by atoms with Crippen LogP contribution in [0.3, 0.4) is 0 Å². The van der Waals surface area contributed by atoms with Crippen molar-refractivity contribution in [2.45, 2.75) is 38.6 Å². The van der Waals surface area contributed by atoms with E-state index in [1.807, 2.05) is 18.2 Å². The number of ether oxygens (including phenoxy) is 1. The molecule has 1 aromatic rings. The molecule has 1 aromatic carbocycles. The van der Waals surface area contributed by atoms with Gasteiger partial charge in [0, 0.05) is 30.8 Å². The van der Waals surface area contributed by atoms with Crippen LogP contribution < -0.4 is 15.4 Å². The van der Waals surface area contributed by atoms with E-state index in [9.17, 15) is 4.79 Å². The highest BCUT2D eigenvalue weighted by molar-refractivity contribution is 5.91. The molecule has 2 aliphatic rings. The van der Waals surface area contributed by atoms with Crippen molar-refractivity contribution in [1.82, 2.24) is 5.32 Å². The average Bonchev–Trinajstić information content (AvgIpc) is 2.82. The molecule has 3 rings (SSSR count). The van der Waals surface area contributed by atoms with Gasteiger partial charge in [-0.15, -0.1) is 0 Å². The Morgan fingerprint density at radius 3 is 3.05 bits per heavy atom. The van der Waals surface area contributed by atoms with Crippen molar-refractivity contribution in [2.75, 3.05) is 18.5 Å². The van der Waals surface area contributed by atoms with Crippen LogP contribution in [-0.2, 0) is 11.3 Å². The van der Waals surface area contributed by atoms with Crippen LogP contribution in [-0.4, -0.2) is 19.1 Å². The Morgan fingerprint density at radius 2 is 2.20 bits per heavy atom. The Bertz CT molecular complexity index is 481. The summed E-state index contributed by atoms with van der Waals surface area (Å²) in [6, 6.07) is 5.89. The van der Waals surface area contributed by atoms with Crippen LogP contribution in [0.25, 0.3) is 0 Å². The molecular formula is C16H22N2O2. The Morgan fingerprint density at radius 1 is 1.35 bits per heavy atom. The van der Waals surface area contributed by atoms with Gasteiger partial charge >= 0.3 is 0 Å². The molecule has 108 valence electrons. The zero-order valence-corrected chi connectivity index (χ0v) is 11.8. The molecule has 2 N–H and O–H groups in total. The molecule has 1 heterocycles. The monoisotopic (exact) mass is 274 g/mol. The lowest BCUT2D eigenvalue weighted by molar-refractivity contribution is -0.117. The van der Waals surface area contributed by atoms with Crippen LogP contribution in [0.5, 0.6) is 5.75 Å². The molecule has 0 saturated heterocycles. The number of benzene rings is 1. The number of hydrogen-bond acceptors (Lipinski definition) is 3. The Labute approximate surface area is 119 Å². The molecule has 1 aliphatic heterocycles. The predicted octanol–water partition coefficient (Wildman–Crippen LogP) is 2.69. The van der Waals surface area contributed by atoms with Gasteiger partial charge in [0.2, 0.25) is 5.91 Å². The quantitative estimate of drug-likeness (QED) is 0.891. The fraction of sp³-hybridized carbons (Fsp3) is 0.562. The van der Waals surface area contributed by atoms with Crippen molar-refractivity contribution < 1.29 is 9.53 Å². The minimum Gasteiger partial charge on any atom is -0.492 e. The highest BCUT2D eigenvalue weighted by atomic mass is 16.5. The minimum atomic E-state index is 0.138. The predicted molar refractivity (Wildman–Crippen MR) is 78.8 cm³/mol. The molecule has 1 aliphatic carbocycles. The fourth-order valence-electron chi connectivity index (χ4n) is 3.08. The maximum absolute atomic E-state index is 12.0. The molecular weight excluding hydrogens is 252 g/mol. The summed E-state index contributed by atoms with van der Waals surface area (Å²) in [6.45, 7) is 2.35. The molecule has 1 fully saturated rings. The zero-order chi connectivity index (χ0) is 13.8. The third-order valence-electron chi connectivity index (χ3n) is 4.14. The van der Waals surface area contributed by atoms with E-state index in [0.717, 1.165) is 30.1 Å². The van der Waals surface area contributed by atoms with E-state index in [1.165, 1.54) is 25.7 Å². The third kappa shape index (κ3) is 3.31. The Kier molecular flexibility index (Phi) is 4.21. The molecule has 4 nitrogen and oxygen atoms in total. The van der Waals surface area contributed by atoms with Crippen molar-refractivity contribution in [3.05, 3.63) is 23.8 Å². The first-order chi connectivity index (χ1) is 9.81. The van der Waals surface area contributed by atoms with E-state index in [2.05, 4.69) is 10.6 Å². The molecule has 0 bridgehead atoms. The smallest absolute Gasteiger partial charge is 0.224 e. The molecule has 20 heavy (non-hydrogen) atoms. The van der Waals surface area contributed by atoms with E-state index in [-0.39, 0.29) is 5.91 Å². The van der Waals surface area contributed by atoms with E-state index in [0.29, 0.717) is 18.9 Å². The van der Waals surface area contributed by atoms with Gasteiger partial charge in [0.1, 0.15) is 12.4 Å². The van der Waals surface area contributed by atoms with Crippen LogP contribution >= 0.6 is 0 Å². The van der Waals surface area contributed by atoms with Crippen LogP contribution in [0, 0.1) is 5.92 Å². The normalized spacial score (nSPS) is 19.0. The molecule has 1 saturated carbocycles. The Balaban J connectivity index is 1.62. The summed E-state index contributed by atoms with van der Waals surface area (Å²) in [5.41, 5.74) is 1.99. The standard InChI is InChI=1S/C16H22N2O2/c19-16(9-12-3-1-2-4-12)18-14-5-6-15-13(10-14)11-17-7-8-20-15/h5-6,10,12,17H,1-4,7-9,11H2,(H,18,19). The molecule has 0 atom stereocenters. The number of nitrogens with one attached hydrogen (secondary N) is 2. The summed E-state index contributed by atoms with van der Waals surface area (Å²) in [6.07, 6.45) is 5.62. The van der Waals surface area contributed by atoms with Crippen molar-refractivity contribution in [2.24, 2.45) is 5.92 Å². The molecule has 0 unspecified atom stereocenters. The first-order valence-corrected chi connectivity index (χ1v) is 7.57. The van der Waals surface area contributed by atoms with Crippen LogP contribution in [0.2, 0.25) is 0 Å². The summed E-state index contributed by atoms with van der Waals surface area (Å²) < 4.78 is 5.64. The van der Waals surface area contributed by atoms with Gasteiger partial charge in [-0.1, -0.05) is 12.8 Å². The summed E-state index contributed by atoms with van der Waals surface area (Å²) in [7, 11) is 0. The lowest BCUT2D eigenvalue weighted by Crippen LogP contribution is -2.16. The second kappa shape index (κ2) is 6.27. The number of rotatable bonds is 3. The highest BCUT2D eigenvalue weighted by Gasteiger charge is 2.18. The summed E-state index contributed by atoms with van der Waals surface area (Å²) in [5.74, 6) is 1.64. The molecule has 0 spiro atoms. The van der Waals surface area contributed by atoms with Gasteiger partial charge in [0.05, 0.1) is 0 Å². The largest absolute Gasteiger partial charge is 0.492 e. The molecule has 0 aromatic heterocycles. The number of hydrogen-bond donors (Lipinski definition) is 2. The van der Waals surface area contributed by atoms with Gasteiger partial charge in [0.25, 0.3) is 0 Å². The van der Waals surface area contributed by atoms with Gasteiger partial charge in [-0.25, -0.2) is 0 Å². The zero-order valence-electron chi connectivity index (χ0n) is 11.8. The summed E-state index contributed by atoms with van der Waals surface area (Å²) >= 11 is 0. The lowest BCUT2D eigenvalue weighted by Gasteiger charge is -2.12. The summed E-state index contributed by atoms with van der Waals surface area (Å²) in [5, 5.41) is 6.32. The van der Waals surface area contributed by atoms with Crippen molar-refractivity contribution in [3.63, 3.8) is 0 Å². The summed E-state index contributed by atoms with van der Waals surface area (Å²) in [4.78, 5) is 12.0. The van der Waals surface area contributed by atoms with Crippen LogP contribution in [0.1, 0.15) is 37.7 Å².